The first-order valence-electron chi connectivity index (χ1n) is 7.35. The van der Waals surface area contributed by atoms with Crippen molar-refractivity contribution in [1.29, 1.82) is 5.26 Å². The van der Waals surface area contributed by atoms with Gasteiger partial charge in [-0.3, -0.25) is 5.10 Å². The summed E-state index contributed by atoms with van der Waals surface area (Å²) in [6.07, 6.45) is 3.55. The highest BCUT2D eigenvalue weighted by Crippen LogP contribution is 2.23. The zero-order valence-corrected chi connectivity index (χ0v) is 13.3. The van der Waals surface area contributed by atoms with Gasteiger partial charge in [0, 0.05) is 42.5 Å². The van der Waals surface area contributed by atoms with E-state index in [1.165, 1.54) is 5.56 Å². The minimum atomic E-state index is 0.0570. The molecule has 0 aliphatic rings. The van der Waals surface area contributed by atoms with Gasteiger partial charge >= 0.3 is 0 Å². The molecule has 2 rings (SSSR count). The number of aromatic amines is 1. The molecule has 2 aromatic rings. The molecule has 0 atom stereocenters. The van der Waals surface area contributed by atoms with Crippen molar-refractivity contribution in [3.63, 3.8) is 0 Å². The molecule has 6 nitrogen and oxygen atoms in total. The van der Waals surface area contributed by atoms with Gasteiger partial charge in [-0.2, -0.15) is 10.4 Å². The van der Waals surface area contributed by atoms with Gasteiger partial charge in [0.15, 0.2) is 0 Å². The number of H-pyrrole nitrogens is 1. The molecule has 0 amide bonds. The minimum Gasteiger partial charge on any atom is -0.368 e. The van der Waals surface area contributed by atoms with Gasteiger partial charge in [-0.25, -0.2) is 4.98 Å². The van der Waals surface area contributed by atoms with Gasteiger partial charge in [-0.1, -0.05) is 20.8 Å². The van der Waals surface area contributed by atoms with E-state index in [2.05, 4.69) is 52.7 Å². The number of pyridine rings is 1. The van der Waals surface area contributed by atoms with Crippen LogP contribution in [0.15, 0.2) is 24.5 Å². The molecule has 0 radical (unpaired) electrons. The average molecular weight is 298 g/mol. The summed E-state index contributed by atoms with van der Waals surface area (Å²) in [4.78, 5) is 4.17. The molecule has 0 aliphatic carbocycles. The Morgan fingerprint density at radius 1 is 1.32 bits per heavy atom. The smallest absolute Gasteiger partial charge is 0.143 e. The molecule has 2 heterocycles. The minimum absolute atomic E-state index is 0.0570. The summed E-state index contributed by atoms with van der Waals surface area (Å²) in [6, 6.07) is 5.64. The van der Waals surface area contributed by atoms with E-state index in [9.17, 15) is 0 Å². The summed E-state index contributed by atoms with van der Waals surface area (Å²) in [5.74, 6) is 0.630. The number of nitrogens with one attached hydrogen (secondary N) is 3. The lowest BCUT2D eigenvalue weighted by atomic mass is 9.89. The number of hydrogen-bond acceptors (Lipinski definition) is 5. The molecule has 0 aliphatic heterocycles. The molecule has 2 aromatic heterocycles. The van der Waals surface area contributed by atoms with Crippen LogP contribution < -0.4 is 10.6 Å². The summed E-state index contributed by atoms with van der Waals surface area (Å²) in [5.41, 5.74) is 2.96. The number of nitrogens with zero attached hydrogens (tertiary/aromatic N) is 3. The van der Waals surface area contributed by atoms with E-state index >= 15 is 0 Å². The topological polar surface area (TPSA) is 89.4 Å². The van der Waals surface area contributed by atoms with Crippen LogP contribution in [0.1, 0.15) is 37.6 Å². The predicted molar refractivity (Wildman–Crippen MR) is 86.4 cm³/mol. The van der Waals surface area contributed by atoms with Gasteiger partial charge in [0.1, 0.15) is 11.9 Å². The predicted octanol–water partition coefficient (Wildman–Crippen LogP) is 2.18. The largest absolute Gasteiger partial charge is 0.368 e. The van der Waals surface area contributed by atoms with Crippen LogP contribution in [0, 0.1) is 11.3 Å². The first-order valence-corrected chi connectivity index (χ1v) is 7.35. The lowest BCUT2D eigenvalue weighted by Crippen LogP contribution is -2.24. The van der Waals surface area contributed by atoms with E-state index in [1.54, 1.807) is 18.3 Å². The van der Waals surface area contributed by atoms with Crippen LogP contribution in [0.5, 0.6) is 0 Å². The van der Waals surface area contributed by atoms with Gasteiger partial charge in [-0.05, 0) is 12.1 Å². The number of rotatable bonds is 6. The number of anilines is 1. The summed E-state index contributed by atoms with van der Waals surface area (Å²) in [6.45, 7) is 8.73. The van der Waals surface area contributed by atoms with Crippen LogP contribution in [0.3, 0.4) is 0 Å². The first kappa shape index (κ1) is 16.0. The zero-order chi connectivity index (χ0) is 16.0. The van der Waals surface area contributed by atoms with Crippen molar-refractivity contribution < 1.29 is 0 Å². The van der Waals surface area contributed by atoms with Crippen LogP contribution in [0.2, 0.25) is 0 Å². The molecule has 0 bridgehead atoms. The molecule has 22 heavy (non-hydrogen) atoms. The SMILES string of the molecule is CC(C)(C)c1[nH]ncc1CNCCNc1ncccc1C#N. The van der Waals surface area contributed by atoms with Gasteiger partial charge in [0.25, 0.3) is 0 Å². The third-order valence-corrected chi connectivity index (χ3v) is 3.31. The maximum atomic E-state index is 9.00. The Hall–Kier alpha value is -2.39. The highest BCUT2D eigenvalue weighted by molar-refractivity contribution is 5.51. The second-order valence-electron chi connectivity index (χ2n) is 6.14. The standard InChI is InChI=1S/C16H22N6/c1-16(2,3)14-13(11-21-22-14)10-18-7-8-20-15-12(9-17)5-4-6-19-15/h4-6,11,18H,7-8,10H2,1-3H3,(H,19,20)(H,21,22). The fourth-order valence-electron chi connectivity index (χ4n) is 2.22. The van der Waals surface area contributed by atoms with Crippen molar-refractivity contribution >= 4 is 5.82 Å². The lowest BCUT2D eigenvalue weighted by molar-refractivity contribution is 0.554. The second-order valence-corrected chi connectivity index (χ2v) is 6.14. The number of hydrogen-bond donors (Lipinski definition) is 3. The van der Waals surface area contributed by atoms with Crippen molar-refractivity contribution in [2.45, 2.75) is 32.7 Å². The molecule has 0 saturated carbocycles. The molecule has 0 aromatic carbocycles. The maximum Gasteiger partial charge on any atom is 0.143 e. The van der Waals surface area contributed by atoms with E-state index in [4.69, 9.17) is 5.26 Å². The van der Waals surface area contributed by atoms with Gasteiger partial charge in [-0.15, -0.1) is 0 Å². The van der Waals surface area contributed by atoms with Crippen LogP contribution in [-0.2, 0) is 12.0 Å². The highest BCUT2D eigenvalue weighted by atomic mass is 15.1. The Morgan fingerprint density at radius 2 is 2.14 bits per heavy atom. The van der Waals surface area contributed by atoms with Crippen LogP contribution in [0.25, 0.3) is 0 Å². The monoisotopic (exact) mass is 298 g/mol. The van der Waals surface area contributed by atoms with Crippen LogP contribution in [0.4, 0.5) is 5.82 Å². The van der Waals surface area contributed by atoms with E-state index in [0.29, 0.717) is 17.9 Å². The zero-order valence-electron chi connectivity index (χ0n) is 13.3. The Morgan fingerprint density at radius 3 is 2.86 bits per heavy atom. The maximum absolute atomic E-state index is 9.00. The molecule has 0 unspecified atom stereocenters. The van der Waals surface area contributed by atoms with Gasteiger partial charge < -0.3 is 10.6 Å². The Kier molecular flexibility index (Phi) is 5.12. The van der Waals surface area contributed by atoms with Crippen molar-refractivity contribution in [1.82, 2.24) is 20.5 Å². The van der Waals surface area contributed by atoms with E-state index in [0.717, 1.165) is 18.8 Å². The fraction of sp³-hybridized carbons (Fsp3) is 0.438. The Bertz CT molecular complexity index is 647. The lowest BCUT2D eigenvalue weighted by Gasteiger charge is -2.18. The second kappa shape index (κ2) is 7.05. The van der Waals surface area contributed by atoms with Crippen molar-refractivity contribution in [2.75, 3.05) is 18.4 Å². The van der Waals surface area contributed by atoms with E-state index in [-0.39, 0.29) is 5.41 Å². The number of nitriles is 1. The van der Waals surface area contributed by atoms with Crippen molar-refractivity contribution in [3.05, 3.63) is 41.3 Å². The average Bonchev–Trinajstić information content (AvgIpc) is 2.96. The molecular weight excluding hydrogens is 276 g/mol. The van der Waals surface area contributed by atoms with E-state index in [1.807, 2.05) is 6.20 Å². The van der Waals surface area contributed by atoms with Crippen molar-refractivity contribution in [2.24, 2.45) is 0 Å². The molecule has 0 fully saturated rings. The molecule has 116 valence electrons. The third-order valence-electron chi connectivity index (χ3n) is 3.31. The summed E-state index contributed by atoms with van der Waals surface area (Å²) in [7, 11) is 0. The van der Waals surface area contributed by atoms with Gasteiger partial charge in [0.05, 0.1) is 11.8 Å². The summed E-state index contributed by atoms with van der Waals surface area (Å²) >= 11 is 0. The third kappa shape index (κ3) is 4.06. The molecule has 0 spiro atoms. The highest BCUT2D eigenvalue weighted by Gasteiger charge is 2.19. The quantitative estimate of drug-likeness (QED) is 0.711. The Labute approximate surface area is 131 Å². The van der Waals surface area contributed by atoms with Gasteiger partial charge in [0.2, 0.25) is 0 Å². The summed E-state index contributed by atoms with van der Waals surface area (Å²) in [5, 5.41) is 22.7. The number of aromatic nitrogens is 3. The molecule has 0 saturated heterocycles. The molecular formula is C16H22N6. The van der Waals surface area contributed by atoms with Crippen LogP contribution >= 0.6 is 0 Å². The van der Waals surface area contributed by atoms with Crippen LogP contribution in [-0.4, -0.2) is 28.3 Å². The molecule has 6 heteroatoms. The van der Waals surface area contributed by atoms with Crippen molar-refractivity contribution in [3.8, 4) is 6.07 Å². The fourth-order valence-corrected chi connectivity index (χ4v) is 2.22. The first-order chi connectivity index (χ1) is 10.5. The summed E-state index contributed by atoms with van der Waals surface area (Å²) < 4.78 is 0. The molecule has 3 N–H and O–H groups in total. The normalized spacial score (nSPS) is 11.2. The Balaban J connectivity index is 1.79. The van der Waals surface area contributed by atoms with E-state index < -0.39 is 0 Å².